The van der Waals surface area contributed by atoms with Crippen molar-refractivity contribution in [2.75, 3.05) is 0 Å². The Morgan fingerprint density at radius 3 is 2.41 bits per heavy atom. The molecule has 0 aliphatic heterocycles. The van der Waals surface area contributed by atoms with Gasteiger partial charge >= 0.3 is 5.97 Å². The summed E-state index contributed by atoms with van der Waals surface area (Å²) >= 11 is 0. The molecule has 0 bridgehead atoms. The van der Waals surface area contributed by atoms with E-state index in [9.17, 15) is 4.79 Å². The van der Waals surface area contributed by atoms with Crippen LogP contribution in [-0.4, -0.2) is 12.1 Å². The Hall–Kier alpha value is -1.01. The number of esters is 1. The van der Waals surface area contributed by atoms with Gasteiger partial charge in [-0.3, -0.25) is 4.79 Å². The lowest BCUT2D eigenvalue weighted by Crippen LogP contribution is -2.13. The first kappa shape index (κ1) is 16.0. The summed E-state index contributed by atoms with van der Waals surface area (Å²) in [5.41, 5.74) is 4.46. The van der Waals surface area contributed by atoms with E-state index in [-0.39, 0.29) is 17.5 Å². The fourth-order valence-electron chi connectivity index (χ4n) is 1.07. The number of rotatable bonds is 5. The Labute approximate surface area is 106 Å². The minimum absolute atomic E-state index is 0.0249. The highest BCUT2D eigenvalue weighted by Crippen LogP contribution is 2.15. The molecule has 0 aromatic rings. The predicted molar refractivity (Wildman–Crippen MR) is 71.8 cm³/mol. The Bertz CT molecular complexity index is 301. The molecule has 0 radical (unpaired) electrons. The van der Waals surface area contributed by atoms with Gasteiger partial charge in [-0.2, -0.15) is 0 Å². The van der Waals surface area contributed by atoms with Crippen molar-refractivity contribution in [2.24, 2.45) is 5.41 Å². The number of hydrogen-bond donors (Lipinski definition) is 0. The lowest BCUT2D eigenvalue weighted by atomic mass is 9.96. The molecule has 1 unspecified atom stereocenters. The highest BCUT2D eigenvalue weighted by molar-refractivity contribution is 5.69. The van der Waals surface area contributed by atoms with Crippen molar-refractivity contribution in [3.63, 3.8) is 0 Å². The third kappa shape index (κ3) is 9.89. The number of carbonyl (C=O) groups excluding carboxylic acids is 1. The third-order valence-corrected chi connectivity index (χ3v) is 2.36. The monoisotopic (exact) mass is 238 g/mol. The molecule has 0 saturated carbocycles. The zero-order chi connectivity index (χ0) is 13.5. The highest BCUT2D eigenvalue weighted by atomic mass is 16.5. The van der Waals surface area contributed by atoms with Crippen LogP contribution in [0.2, 0.25) is 0 Å². The molecule has 0 rings (SSSR count). The molecule has 98 valence electrons. The van der Waals surface area contributed by atoms with Crippen molar-refractivity contribution in [3.8, 4) is 0 Å². The third-order valence-electron chi connectivity index (χ3n) is 2.36. The van der Waals surface area contributed by atoms with E-state index in [1.54, 1.807) is 0 Å². The van der Waals surface area contributed by atoms with E-state index in [2.05, 4.69) is 26.5 Å². The first-order chi connectivity index (χ1) is 7.74. The second-order valence-corrected chi connectivity index (χ2v) is 5.64. The van der Waals surface area contributed by atoms with E-state index in [0.29, 0.717) is 6.42 Å². The van der Waals surface area contributed by atoms with E-state index in [4.69, 9.17) is 4.74 Å². The molecular weight excluding hydrogens is 212 g/mol. The summed E-state index contributed by atoms with van der Waals surface area (Å²) in [6, 6.07) is 0. The van der Waals surface area contributed by atoms with Crippen molar-refractivity contribution in [1.29, 1.82) is 0 Å². The number of hydrogen-bond acceptors (Lipinski definition) is 2. The van der Waals surface area contributed by atoms with E-state index >= 15 is 0 Å². The molecule has 0 aliphatic rings. The van der Waals surface area contributed by atoms with E-state index in [0.717, 1.165) is 18.4 Å². The van der Waals surface area contributed by atoms with Gasteiger partial charge in [0.1, 0.15) is 0 Å². The predicted octanol–water partition coefficient (Wildman–Crippen LogP) is 4.26. The van der Waals surface area contributed by atoms with Crippen molar-refractivity contribution < 1.29 is 9.53 Å². The second kappa shape index (κ2) is 7.34. The van der Waals surface area contributed by atoms with Crippen LogP contribution in [0.3, 0.4) is 0 Å². The zero-order valence-electron chi connectivity index (χ0n) is 12.1. The topological polar surface area (TPSA) is 26.3 Å². The van der Waals surface area contributed by atoms with Gasteiger partial charge in [-0.25, -0.2) is 0 Å². The van der Waals surface area contributed by atoms with Gasteiger partial charge in [-0.05, 0) is 43.8 Å². The molecule has 17 heavy (non-hydrogen) atoms. The van der Waals surface area contributed by atoms with Gasteiger partial charge < -0.3 is 4.74 Å². The van der Waals surface area contributed by atoms with Gasteiger partial charge in [0.15, 0.2) is 0 Å². The first-order valence-electron chi connectivity index (χ1n) is 6.37. The molecule has 2 heteroatoms. The number of ether oxygens (including phenoxy) is 1. The Balaban J connectivity index is 4.12. The second-order valence-electron chi connectivity index (χ2n) is 5.64. The quantitative estimate of drug-likeness (QED) is 0.528. The van der Waals surface area contributed by atoms with Gasteiger partial charge in [-0.15, -0.1) is 5.73 Å². The molecule has 1 atom stereocenters. The fourth-order valence-corrected chi connectivity index (χ4v) is 1.07. The Kier molecular flexibility index (Phi) is 6.91. The molecule has 0 spiro atoms. The van der Waals surface area contributed by atoms with Crippen LogP contribution in [0.1, 0.15) is 60.8 Å². The van der Waals surface area contributed by atoms with E-state index in [1.807, 2.05) is 26.8 Å². The SMILES string of the molecule is CCC(C)OC(=O)CCC(C)=C=CC(C)(C)C. The number of carbonyl (C=O) groups is 1. The van der Waals surface area contributed by atoms with Crippen molar-refractivity contribution in [2.45, 2.75) is 66.9 Å². The van der Waals surface area contributed by atoms with Crippen LogP contribution in [0.25, 0.3) is 0 Å². The zero-order valence-corrected chi connectivity index (χ0v) is 12.1. The first-order valence-corrected chi connectivity index (χ1v) is 6.37. The highest BCUT2D eigenvalue weighted by Gasteiger charge is 2.07. The molecule has 2 nitrogen and oxygen atoms in total. The lowest BCUT2D eigenvalue weighted by Gasteiger charge is -2.10. The molecule has 0 N–H and O–H groups in total. The largest absolute Gasteiger partial charge is 0.463 e. The summed E-state index contributed by atoms with van der Waals surface area (Å²) in [5.74, 6) is -0.115. The Morgan fingerprint density at radius 2 is 1.94 bits per heavy atom. The van der Waals surface area contributed by atoms with Crippen molar-refractivity contribution in [3.05, 3.63) is 17.4 Å². The summed E-state index contributed by atoms with van der Waals surface area (Å²) in [7, 11) is 0. The van der Waals surface area contributed by atoms with Gasteiger partial charge in [0.05, 0.1) is 6.10 Å². The molecule has 0 heterocycles. The van der Waals surface area contributed by atoms with Gasteiger partial charge in [0, 0.05) is 6.42 Å². The van der Waals surface area contributed by atoms with Crippen LogP contribution >= 0.6 is 0 Å². The molecule has 0 aliphatic carbocycles. The molecule has 0 aromatic heterocycles. The average molecular weight is 238 g/mol. The van der Waals surface area contributed by atoms with Crippen LogP contribution < -0.4 is 0 Å². The van der Waals surface area contributed by atoms with E-state index in [1.165, 1.54) is 0 Å². The summed E-state index contributed by atoms with van der Waals surface area (Å²) in [6.45, 7) is 12.3. The maximum Gasteiger partial charge on any atom is 0.306 e. The van der Waals surface area contributed by atoms with Crippen LogP contribution in [-0.2, 0) is 9.53 Å². The van der Waals surface area contributed by atoms with Crippen molar-refractivity contribution >= 4 is 5.97 Å². The van der Waals surface area contributed by atoms with Gasteiger partial charge in [0.25, 0.3) is 0 Å². The average Bonchev–Trinajstić information content (AvgIpc) is 2.22. The molecule has 0 aromatic carbocycles. The minimum Gasteiger partial charge on any atom is -0.463 e. The van der Waals surface area contributed by atoms with Gasteiger partial charge in [-0.1, -0.05) is 27.7 Å². The fraction of sp³-hybridized carbons (Fsp3) is 0.733. The van der Waals surface area contributed by atoms with Crippen molar-refractivity contribution in [1.82, 2.24) is 0 Å². The summed E-state index contributed by atoms with van der Waals surface area (Å²) in [5, 5.41) is 0. The summed E-state index contributed by atoms with van der Waals surface area (Å²) in [6.07, 6.45) is 4.10. The smallest absolute Gasteiger partial charge is 0.306 e. The summed E-state index contributed by atoms with van der Waals surface area (Å²) in [4.78, 5) is 11.4. The summed E-state index contributed by atoms with van der Waals surface area (Å²) < 4.78 is 5.21. The molecular formula is C15H26O2. The molecule has 0 saturated heterocycles. The molecule has 0 fully saturated rings. The van der Waals surface area contributed by atoms with Crippen LogP contribution in [0.15, 0.2) is 17.4 Å². The standard InChI is InChI=1S/C15H26O2/c1-7-13(3)17-14(16)9-8-12(2)10-11-15(4,5)6/h11,13H,7-9H2,1-6H3. The normalized spacial score (nSPS) is 12.6. The van der Waals surface area contributed by atoms with Crippen LogP contribution in [0.5, 0.6) is 0 Å². The Morgan fingerprint density at radius 1 is 1.35 bits per heavy atom. The minimum atomic E-state index is -0.115. The maximum absolute atomic E-state index is 11.4. The van der Waals surface area contributed by atoms with Gasteiger partial charge in [0.2, 0.25) is 0 Å². The van der Waals surface area contributed by atoms with Crippen LogP contribution in [0.4, 0.5) is 0 Å². The number of allylic oxidation sites excluding steroid dienone is 1. The molecule has 0 amide bonds. The lowest BCUT2D eigenvalue weighted by molar-refractivity contribution is -0.148. The van der Waals surface area contributed by atoms with Crippen LogP contribution in [0, 0.1) is 5.41 Å². The maximum atomic E-state index is 11.4. The van der Waals surface area contributed by atoms with E-state index < -0.39 is 0 Å².